The van der Waals surface area contributed by atoms with Gasteiger partial charge in [-0.05, 0) is 31.0 Å². The van der Waals surface area contributed by atoms with E-state index in [-0.39, 0.29) is 5.91 Å². The first-order valence-corrected chi connectivity index (χ1v) is 7.29. The molecular weight excluding hydrogens is 278 g/mol. The Hall–Kier alpha value is -2.89. The van der Waals surface area contributed by atoms with E-state index in [1.807, 2.05) is 36.5 Å². The second kappa shape index (κ2) is 5.14. The molecular formula is C16H15N5O. The summed E-state index contributed by atoms with van der Waals surface area (Å²) in [6.07, 6.45) is 5.37. The maximum atomic E-state index is 12.1. The molecule has 1 amide bonds. The van der Waals surface area contributed by atoms with Gasteiger partial charge in [0.15, 0.2) is 0 Å². The summed E-state index contributed by atoms with van der Waals surface area (Å²) < 4.78 is 1.79. The standard InChI is InChI=1S/C16H15N5O/c22-16-14-12(6-3-8-17-16)19-15(20-14)11-5-1-2-7-13(11)21-10-4-9-18-21/h1-2,4-5,7,9-10H,3,6,8H2,(H,17,22)(H,19,20). The third-order valence-electron chi connectivity index (χ3n) is 3.79. The van der Waals surface area contributed by atoms with Gasteiger partial charge in [-0.25, -0.2) is 9.67 Å². The molecule has 0 fully saturated rings. The number of hydrogen-bond donors (Lipinski definition) is 2. The fourth-order valence-corrected chi connectivity index (χ4v) is 2.74. The monoisotopic (exact) mass is 293 g/mol. The lowest BCUT2D eigenvalue weighted by atomic mass is 10.1. The number of rotatable bonds is 2. The van der Waals surface area contributed by atoms with Crippen LogP contribution in [0.3, 0.4) is 0 Å². The molecule has 1 aliphatic heterocycles. The van der Waals surface area contributed by atoms with Crippen LogP contribution in [-0.2, 0) is 6.42 Å². The van der Waals surface area contributed by atoms with Crippen molar-refractivity contribution in [2.75, 3.05) is 6.54 Å². The van der Waals surface area contributed by atoms with Crippen LogP contribution < -0.4 is 5.32 Å². The Balaban J connectivity index is 1.84. The number of benzene rings is 1. The van der Waals surface area contributed by atoms with Crippen LogP contribution >= 0.6 is 0 Å². The van der Waals surface area contributed by atoms with Crippen LogP contribution in [0, 0.1) is 0 Å². The van der Waals surface area contributed by atoms with Crippen molar-refractivity contribution in [2.24, 2.45) is 0 Å². The maximum Gasteiger partial charge on any atom is 0.271 e. The SMILES string of the molecule is O=C1NCCCc2[nH]c(-c3ccccc3-n3cccn3)nc21. The lowest BCUT2D eigenvalue weighted by Crippen LogP contribution is -2.23. The van der Waals surface area contributed by atoms with E-state index < -0.39 is 0 Å². The number of fused-ring (bicyclic) bond motifs is 1. The first-order valence-electron chi connectivity index (χ1n) is 7.29. The van der Waals surface area contributed by atoms with E-state index >= 15 is 0 Å². The molecule has 0 bridgehead atoms. The van der Waals surface area contributed by atoms with E-state index in [4.69, 9.17) is 0 Å². The Kier molecular flexibility index (Phi) is 3.00. The van der Waals surface area contributed by atoms with Crippen molar-refractivity contribution < 1.29 is 4.79 Å². The molecule has 110 valence electrons. The van der Waals surface area contributed by atoms with E-state index in [0.29, 0.717) is 18.1 Å². The molecule has 22 heavy (non-hydrogen) atoms. The van der Waals surface area contributed by atoms with Gasteiger partial charge >= 0.3 is 0 Å². The number of aromatic amines is 1. The smallest absolute Gasteiger partial charge is 0.271 e. The second-order valence-electron chi connectivity index (χ2n) is 5.24. The second-order valence-corrected chi connectivity index (χ2v) is 5.24. The van der Waals surface area contributed by atoms with Crippen molar-refractivity contribution >= 4 is 5.91 Å². The Morgan fingerprint density at radius 1 is 1.18 bits per heavy atom. The lowest BCUT2D eigenvalue weighted by Gasteiger charge is -2.07. The number of imidazole rings is 1. The third-order valence-corrected chi connectivity index (χ3v) is 3.79. The molecule has 4 rings (SSSR count). The van der Waals surface area contributed by atoms with E-state index in [0.717, 1.165) is 29.8 Å². The molecule has 0 spiro atoms. The van der Waals surface area contributed by atoms with Crippen LogP contribution in [0.2, 0.25) is 0 Å². The van der Waals surface area contributed by atoms with Crippen molar-refractivity contribution in [1.82, 2.24) is 25.1 Å². The van der Waals surface area contributed by atoms with Crippen LogP contribution in [0.15, 0.2) is 42.7 Å². The summed E-state index contributed by atoms with van der Waals surface area (Å²) in [5, 5.41) is 7.15. The van der Waals surface area contributed by atoms with Gasteiger partial charge in [-0.1, -0.05) is 12.1 Å². The molecule has 6 nitrogen and oxygen atoms in total. The fraction of sp³-hybridized carbons (Fsp3) is 0.188. The number of para-hydroxylation sites is 1. The number of aromatic nitrogens is 4. The molecule has 3 heterocycles. The molecule has 0 saturated carbocycles. The van der Waals surface area contributed by atoms with E-state index in [2.05, 4.69) is 20.4 Å². The molecule has 3 aromatic rings. The molecule has 1 aliphatic rings. The van der Waals surface area contributed by atoms with Gasteiger partial charge in [-0.3, -0.25) is 4.79 Å². The summed E-state index contributed by atoms with van der Waals surface area (Å²) in [5.41, 5.74) is 3.26. The molecule has 0 saturated heterocycles. The highest BCUT2D eigenvalue weighted by Crippen LogP contribution is 2.26. The number of carbonyl (C=O) groups excluding carboxylic acids is 1. The zero-order valence-corrected chi connectivity index (χ0v) is 11.9. The van der Waals surface area contributed by atoms with Gasteiger partial charge in [0.05, 0.1) is 5.69 Å². The van der Waals surface area contributed by atoms with Crippen LogP contribution in [0.5, 0.6) is 0 Å². The summed E-state index contributed by atoms with van der Waals surface area (Å²) in [6.45, 7) is 0.697. The van der Waals surface area contributed by atoms with Crippen molar-refractivity contribution in [3.05, 3.63) is 54.1 Å². The summed E-state index contributed by atoms with van der Waals surface area (Å²) in [6, 6.07) is 9.75. The first kappa shape index (κ1) is 12.8. The van der Waals surface area contributed by atoms with Crippen molar-refractivity contribution in [2.45, 2.75) is 12.8 Å². The highest BCUT2D eigenvalue weighted by molar-refractivity contribution is 5.94. The molecule has 0 aliphatic carbocycles. The topological polar surface area (TPSA) is 75.6 Å². The van der Waals surface area contributed by atoms with Gasteiger partial charge in [0.1, 0.15) is 11.5 Å². The number of nitrogens with one attached hydrogen (secondary N) is 2. The van der Waals surface area contributed by atoms with Gasteiger partial charge in [0, 0.05) is 30.2 Å². The maximum absolute atomic E-state index is 12.1. The number of carbonyl (C=O) groups is 1. The minimum atomic E-state index is -0.105. The Bertz CT molecular complexity index is 819. The predicted octanol–water partition coefficient (Wildman–Crippen LogP) is 1.94. The minimum absolute atomic E-state index is 0.105. The van der Waals surface area contributed by atoms with Crippen molar-refractivity contribution in [3.63, 3.8) is 0 Å². The van der Waals surface area contributed by atoms with Gasteiger partial charge in [-0.2, -0.15) is 5.10 Å². The minimum Gasteiger partial charge on any atom is -0.351 e. The fourth-order valence-electron chi connectivity index (χ4n) is 2.74. The predicted molar refractivity (Wildman–Crippen MR) is 81.8 cm³/mol. The lowest BCUT2D eigenvalue weighted by molar-refractivity contribution is 0.0951. The number of amides is 1. The molecule has 1 aromatic carbocycles. The number of nitrogens with zero attached hydrogens (tertiary/aromatic N) is 3. The highest BCUT2D eigenvalue weighted by atomic mass is 16.1. The van der Waals surface area contributed by atoms with Gasteiger partial charge in [-0.15, -0.1) is 0 Å². The van der Waals surface area contributed by atoms with Gasteiger partial charge in [0.2, 0.25) is 0 Å². The van der Waals surface area contributed by atoms with Crippen molar-refractivity contribution in [1.29, 1.82) is 0 Å². The van der Waals surface area contributed by atoms with E-state index in [1.54, 1.807) is 10.9 Å². The molecule has 2 aromatic heterocycles. The Labute approximate surface area is 127 Å². The molecule has 0 atom stereocenters. The zero-order chi connectivity index (χ0) is 14.9. The van der Waals surface area contributed by atoms with Crippen LogP contribution in [-0.4, -0.2) is 32.2 Å². The molecule has 0 unspecified atom stereocenters. The molecule has 2 N–H and O–H groups in total. The largest absolute Gasteiger partial charge is 0.351 e. The summed E-state index contributed by atoms with van der Waals surface area (Å²) in [4.78, 5) is 19.9. The van der Waals surface area contributed by atoms with Gasteiger partial charge in [0.25, 0.3) is 5.91 Å². The summed E-state index contributed by atoms with van der Waals surface area (Å²) >= 11 is 0. The quantitative estimate of drug-likeness (QED) is 0.758. The van der Waals surface area contributed by atoms with Gasteiger partial charge < -0.3 is 10.3 Å². The van der Waals surface area contributed by atoms with Crippen LogP contribution in [0.4, 0.5) is 0 Å². The summed E-state index contributed by atoms with van der Waals surface area (Å²) in [5.74, 6) is 0.597. The third kappa shape index (κ3) is 2.09. The Morgan fingerprint density at radius 3 is 2.95 bits per heavy atom. The zero-order valence-electron chi connectivity index (χ0n) is 11.9. The number of hydrogen-bond acceptors (Lipinski definition) is 3. The number of H-pyrrole nitrogens is 1. The number of aryl methyl sites for hydroxylation is 1. The normalized spacial score (nSPS) is 14.3. The van der Waals surface area contributed by atoms with Crippen LogP contribution in [0.25, 0.3) is 17.1 Å². The van der Waals surface area contributed by atoms with E-state index in [9.17, 15) is 4.79 Å². The summed E-state index contributed by atoms with van der Waals surface area (Å²) in [7, 11) is 0. The molecule has 0 radical (unpaired) electrons. The van der Waals surface area contributed by atoms with Crippen molar-refractivity contribution in [3.8, 4) is 17.1 Å². The highest BCUT2D eigenvalue weighted by Gasteiger charge is 2.21. The van der Waals surface area contributed by atoms with E-state index in [1.165, 1.54) is 0 Å². The average Bonchev–Trinajstić information content (AvgIpc) is 3.18. The van der Waals surface area contributed by atoms with Crippen LogP contribution in [0.1, 0.15) is 22.6 Å². The first-order chi connectivity index (χ1) is 10.8. The Morgan fingerprint density at radius 2 is 2.09 bits per heavy atom. The average molecular weight is 293 g/mol. The molecule has 6 heteroatoms.